The predicted octanol–water partition coefficient (Wildman–Crippen LogP) is 0.857. The van der Waals surface area contributed by atoms with Gasteiger partial charge in [-0.3, -0.25) is 19.4 Å². The van der Waals surface area contributed by atoms with Crippen molar-refractivity contribution >= 4 is 17.7 Å². The summed E-state index contributed by atoms with van der Waals surface area (Å²) in [5.74, 6) is -0.907. The zero-order valence-corrected chi connectivity index (χ0v) is 18.6. The van der Waals surface area contributed by atoms with Gasteiger partial charge in [0.05, 0.1) is 0 Å². The number of aromatic hydroxyl groups is 1. The van der Waals surface area contributed by atoms with E-state index >= 15 is 0 Å². The lowest BCUT2D eigenvalue weighted by atomic mass is 10.1. The number of hydrogen-bond acceptors (Lipinski definition) is 6. The van der Waals surface area contributed by atoms with Gasteiger partial charge in [0.1, 0.15) is 11.8 Å². The van der Waals surface area contributed by atoms with E-state index in [1.807, 2.05) is 25.1 Å². The number of carbonyl (C=O) groups excluding carboxylic acids is 3. The third-order valence-corrected chi connectivity index (χ3v) is 5.27. The van der Waals surface area contributed by atoms with Crippen LogP contribution < -0.4 is 16.0 Å². The smallest absolute Gasteiger partial charge is 0.253 e. The van der Waals surface area contributed by atoms with Gasteiger partial charge < -0.3 is 25.8 Å². The van der Waals surface area contributed by atoms with Crippen molar-refractivity contribution in [2.24, 2.45) is 0 Å². The van der Waals surface area contributed by atoms with E-state index in [0.29, 0.717) is 38.8 Å². The third-order valence-electron chi connectivity index (χ3n) is 5.27. The average Bonchev–Trinajstić information content (AvgIpc) is 3.62. The van der Waals surface area contributed by atoms with Crippen LogP contribution in [0, 0.1) is 0 Å². The van der Waals surface area contributed by atoms with Crippen molar-refractivity contribution in [1.29, 1.82) is 0 Å². The van der Waals surface area contributed by atoms with Crippen molar-refractivity contribution in [2.75, 3.05) is 13.1 Å². The first-order chi connectivity index (χ1) is 16.0. The molecule has 2 aromatic rings. The minimum Gasteiger partial charge on any atom is -0.508 e. The summed E-state index contributed by atoms with van der Waals surface area (Å²) in [5.41, 5.74) is 1.84. The number of phenols is 1. The minimum atomic E-state index is -0.889. The molecule has 0 saturated carbocycles. The standard InChI is InChI=1S/C24H30N4O5/c1-2-5-19(22(30)26-15-12-17-6-3-4-13-25-17)28-24(32)21-20(33-21)23(31)27-14-11-16-7-9-18(29)10-8-16/h3-4,6-10,13,19-21,29H,2,5,11-12,14-15H2,1H3,(H,26,30)(H,27,31)(H,28,32)/t19-,20?,21?/m0/s1. The molecule has 1 saturated heterocycles. The third kappa shape index (κ3) is 7.57. The van der Waals surface area contributed by atoms with Crippen LogP contribution in [0.15, 0.2) is 48.7 Å². The second-order valence-corrected chi connectivity index (χ2v) is 7.90. The molecule has 33 heavy (non-hydrogen) atoms. The van der Waals surface area contributed by atoms with Gasteiger partial charge >= 0.3 is 0 Å². The molecule has 1 aromatic heterocycles. The number of nitrogens with one attached hydrogen (secondary N) is 3. The van der Waals surface area contributed by atoms with Gasteiger partial charge in [-0.15, -0.1) is 0 Å². The summed E-state index contributed by atoms with van der Waals surface area (Å²) in [6.07, 6.45) is 2.35. The van der Waals surface area contributed by atoms with Crippen LogP contribution in [0.25, 0.3) is 0 Å². The summed E-state index contributed by atoms with van der Waals surface area (Å²) in [6, 6.07) is 11.6. The van der Waals surface area contributed by atoms with E-state index in [0.717, 1.165) is 11.3 Å². The van der Waals surface area contributed by atoms with Crippen molar-refractivity contribution in [3.8, 4) is 5.75 Å². The van der Waals surface area contributed by atoms with Crippen LogP contribution in [-0.2, 0) is 32.0 Å². The van der Waals surface area contributed by atoms with Crippen LogP contribution in [0.5, 0.6) is 5.75 Å². The molecule has 1 aliphatic heterocycles. The summed E-state index contributed by atoms with van der Waals surface area (Å²) < 4.78 is 5.26. The van der Waals surface area contributed by atoms with E-state index in [-0.39, 0.29) is 17.6 Å². The van der Waals surface area contributed by atoms with E-state index in [4.69, 9.17) is 4.74 Å². The maximum Gasteiger partial charge on any atom is 0.253 e. The van der Waals surface area contributed by atoms with Crippen LogP contribution in [0.1, 0.15) is 31.0 Å². The minimum absolute atomic E-state index is 0.186. The number of hydrogen-bond donors (Lipinski definition) is 4. The van der Waals surface area contributed by atoms with Gasteiger partial charge in [0.2, 0.25) is 5.91 Å². The zero-order valence-electron chi connectivity index (χ0n) is 18.6. The molecule has 1 aromatic carbocycles. The Balaban J connectivity index is 1.39. The fourth-order valence-corrected chi connectivity index (χ4v) is 3.40. The van der Waals surface area contributed by atoms with Crippen LogP contribution in [-0.4, -0.2) is 59.2 Å². The first-order valence-corrected chi connectivity index (χ1v) is 11.2. The molecule has 3 rings (SSSR count). The normalized spacial score (nSPS) is 17.6. The van der Waals surface area contributed by atoms with Gasteiger partial charge in [-0.1, -0.05) is 31.5 Å². The van der Waals surface area contributed by atoms with Gasteiger partial charge in [-0.25, -0.2) is 0 Å². The SMILES string of the molecule is CCC[C@H](NC(=O)C1OC1C(=O)NCCc1ccc(O)cc1)C(=O)NCCc1ccccn1. The van der Waals surface area contributed by atoms with Gasteiger partial charge in [0, 0.05) is 31.4 Å². The fourth-order valence-electron chi connectivity index (χ4n) is 3.40. The molecule has 1 aliphatic rings. The Labute approximate surface area is 192 Å². The highest BCUT2D eigenvalue weighted by Gasteiger charge is 2.50. The van der Waals surface area contributed by atoms with Crippen molar-refractivity contribution < 1.29 is 24.2 Å². The van der Waals surface area contributed by atoms with Gasteiger partial charge in [-0.2, -0.15) is 0 Å². The quantitative estimate of drug-likeness (QED) is 0.352. The summed E-state index contributed by atoms with van der Waals surface area (Å²) in [5, 5.41) is 17.6. The van der Waals surface area contributed by atoms with Gasteiger partial charge in [0.15, 0.2) is 12.2 Å². The Hall–Kier alpha value is -3.46. The van der Waals surface area contributed by atoms with Crippen molar-refractivity contribution in [2.45, 2.75) is 50.9 Å². The van der Waals surface area contributed by atoms with E-state index < -0.39 is 24.2 Å². The Bertz CT molecular complexity index is 936. The first-order valence-electron chi connectivity index (χ1n) is 11.2. The van der Waals surface area contributed by atoms with Gasteiger partial charge in [0.25, 0.3) is 11.8 Å². The average molecular weight is 455 g/mol. The van der Waals surface area contributed by atoms with Crippen LogP contribution in [0.3, 0.4) is 0 Å². The highest BCUT2D eigenvalue weighted by Crippen LogP contribution is 2.22. The zero-order chi connectivity index (χ0) is 23.6. The Kier molecular flexibility index (Phi) is 8.77. The second-order valence-electron chi connectivity index (χ2n) is 7.90. The monoisotopic (exact) mass is 454 g/mol. The fraction of sp³-hybridized carbons (Fsp3) is 0.417. The van der Waals surface area contributed by atoms with E-state index in [9.17, 15) is 19.5 Å². The number of phenolic OH excluding ortho intramolecular Hbond substituents is 1. The summed E-state index contributed by atoms with van der Waals surface area (Å²) >= 11 is 0. The largest absolute Gasteiger partial charge is 0.508 e. The number of rotatable bonds is 12. The number of aromatic nitrogens is 1. The molecule has 1 fully saturated rings. The molecule has 2 heterocycles. The number of amides is 3. The molecule has 9 heteroatoms. The molecule has 0 aliphatic carbocycles. The van der Waals surface area contributed by atoms with Crippen molar-refractivity contribution in [3.63, 3.8) is 0 Å². The molecule has 176 valence electrons. The summed E-state index contributed by atoms with van der Waals surface area (Å²) in [6.45, 7) is 2.73. The van der Waals surface area contributed by atoms with Crippen LogP contribution in [0.2, 0.25) is 0 Å². The lowest BCUT2D eigenvalue weighted by molar-refractivity contribution is -0.129. The molecule has 0 radical (unpaired) electrons. The second kappa shape index (κ2) is 12.0. The summed E-state index contributed by atoms with van der Waals surface area (Å²) in [7, 11) is 0. The number of ether oxygens (including phenoxy) is 1. The van der Waals surface area contributed by atoms with Crippen LogP contribution >= 0.6 is 0 Å². The molecular formula is C24H30N4O5. The lowest BCUT2D eigenvalue weighted by Gasteiger charge is -2.17. The number of pyridine rings is 1. The Morgan fingerprint density at radius 2 is 1.73 bits per heavy atom. The molecule has 0 bridgehead atoms. The molecular weight excluding hydrogens is 424 g/mol. The number of benzene rings is 1. The highest BCUT2D eigenvalue weighted by molar-refractivity contribution is 5.97. The molecule has 3 atom stereocenters. The van der Waals surface area contributed by atoms with Gasteiger partial charge in [-0.05, 0) is 42.7 Å². The maximum absolute atomic E-state index is 12.5. The lowest BCUT2D eigenvalue weighted by Crippen LogP contribution is -2.49. The van der Waals surface area contributed by atoms with E-state index in [1.54, 1.807) is 30.5 Å². The number of carbonyl (C=O) groups is 3. The maximum atomic E-state index is 12.5. The number of epoxide rings is 1. The molecule has 9 nitrogen and oxygen atoms in total. The highest BCUT2D eigenvalue weighted by atomic mass is 16.6. The first kappa shape index (κ1) is 24.2. The molecule has 4 N–H and O–H groups in total. The molecule has 0 spiro atoms. The van der Waals surface area contributed by atoms with Crippen molar-refractivity contribution in [1.82, 2.24) is 20.9 Å². The van der Waals surface area contributed by atoms with Crippen molar-refractivity contribution in [3.05, 3.63) is 59.9 Å². The van der Waals surface area contributed by atoms with E-state index in [1.165, 1.54) is 0 Å². The molecule has 2 unspecified atom stereocenters. The predicted molar refractivity (Wildman–Crippen MR) is 121 cm³/mol. The van der Waals surface area contributed by atoms with E-state index in [2.05, 4.69) is 20.9 Å². The summed E-state index contributed by atoms with van der Waals surface area (Å²) in [4.78, 5) is 41.5. The Morgan fingerprint density at radius 3 is 2.42 bits per heavy atom. The number of nitrogens with zero attached hydrogens (tertiary/aromatic N) is 1. The van der Waals surface area contributed by atoms with Crippen LogP contribution in [0.4, 0.5) is 0 Å². The Morgan fingerprint density at radius 1 is 1.00 bits per heavy atom. The topological polar surface area (TPSA) is 133 Å². The molecule has 3 amide bonds.